The molecule has 184 valence electrons. The SMILES string of the molecule is O=C(Nc1ccc(C(=O)N2CCOCC2)cc1)[C@@H]1C[C@@H]2CCCC[C@@H]2N1C(=O)c1ccc(Cl)cc1. The maximum Gasteiger partial charge on any atom is 0.254 e. The molecule has 8 heteroatoms. The van der Waals surface area contributed by atoms with Gasteiger partial charge in [0.15, 0.2) is 0 Å². The van der Waals surface area contributed by atoms with Gasteiger partial charge in [-0.05, 0) is 73.7 Å². The number of anilines is 1. The van der Waals surface area contributed by atoms with Gasteiger partial charge < -0.3 is 19.9 Å². The zero-order chi connectivity index (χ0) is 24.4. The highest BCUT2D eigenvalue weighted by Gasteiger charge is 2.47. The molecule has 3 fully saturated rings. The first-order valence-electron chi connectivity index (χ1n) is 12.4. The topological polar surface area (TPSA) is 79.0 Å². The molecule has 0 bridgehead atoms. The van der Waals surface area contributed by atoms with Gasteiger partial charge in [-0.2, -0.15) is 0 Å². The number of hydrogen-bond donors (Lipinski definition) is 1. The molecule has 0 spiro atoms. The Morgan fingerprint density at radius 1 is 0.857 bits per heavy atom. The fraction of sp³-hybridized carbons (Fsp3) is 0.444. The number of hydrogen-bond acceptors (Lipinski definition) is 4. The third-order valence-corrected chi connectivity index (χ3v) is 7.67. The minimum Gasteiger partial charge on any atom is -0.378 e. The first kappa shape index (κ1) is 23.8. The number of fused-ring (bicyclic) bond motifs is 1. The molecule has 2 saturated heterocycles. The molecule has 0 aromatic heterocycles. The molecule has 1 aliphatic carbocycles. The summed E-state index contributed by atoms with van der Waals surface area (Å²) >= 11 is 6.01. The van der Waals surface area contributed by atoms with Gasteiger partial charge >= 0.3 is 0 Å². The minimum absolute atomic E-state index is 0.0363. The Balaban J connectivity index is 1.31. The van der Waals surface area contributed by atoms with Crippen LogP contribution >= 0.6 is 11.6 Å². The lowest BCUT2D eigenvalue weighted by atomic mass is 9.84. The van der Waals surface area contributed by atoms with E-state index in [9.17, 15) is 14.4 Å². The van der Waals surface area contributed by atoms with Crippen LogP contribution in [0.25, 0.3) is 0 Å². The van der Waals surface area contributed by atoms with Crippen LogP contribution in [0.5, 0.6) is 0 Å². The number of carbonyl (C=O) groups is 3. The number of morpholine rings is 1. The molecule has 0 radical (unpaired) electrons. The first-order valence-corrected chi connectivity index (χ1v) is 12.8. The highest BCUT2D eigenvalue weighted by molar-refractivity contribution is 6.30. The predicted octanol–water partition coefficient (Wildman–Crippen LogP) is 4.22. The second-order valence-electron chi connectivity index (χ2n) is 9.55. The maximum atomic E-state index is 13.5. The van der Waals surface area contributed by atoms with Crippen molar-refractivity contribution in [3.8, 4) is 0 Å². The molecule has 0 unspecified atom stereocenters. The van der Waals surface area contributed by atoms with Crippen molar-refractivity contribution >= 4 is 35.0 Å². The van der Waals surface area contributed by atoms with Gasteiger partial charge in [0.25, 0.3) is 11.8 Å². The average molecular weight is 496 g/mol. The summed E-state index contributed by atoms with van der Waals surface area (Å²) in [5.74, 6) is -0.00769. The van der Waals surface area contributed by atoms with Crippen molar-refractivity contribution in [2.24, 2.45) is 5.92 Å². The van der Waals surface area contributed by atoms with Gasteiger partial charge in [0.1, 0.15) is 6.04 Å². The van der Waals surface area contributed by atoms with Crippen LogP contribution in [0.1, 0.15) is 52.8 Å². The fourth-order valence-electron chi connectivity index (χ4n) is 5.60. The fourth-order valence-corrected chi connectivity index (χ4v) is 5.72. The van der Waals surface area contributed by atoms with E-state index in [1.54, 1.807) is 58.3 Å². The van der Waals surface area contributed by atoms with Crippen LogP contribution in [-0.4, -0.2) is 65.9 Å². The van der Waals surface area contributed by atoms with Gasteiger partial charge in [0.2, 0.25) is 5.91 Å². The van der Waals surface area contributed by atoms with Crippen molar-refractivity contribution in [2.75, 3.05) is 31.6 Å². The molecule has 3 atom stereocenters. The zero-order valence-corrected chi connectivity index (χ0v) is 20.4. The monoisotopic (exact) mass is 495 g/mol. The van der Waals surface area contributed by atoms with E-state index in [4.69, 9.17) is 16.3 Å². The molecule has 2 aliphatic heterocycles. The molecule has 2 aromatic rings. The Morgan fingerprint density at radius 2 is 1.49 bits per heavy atom. The van der Waals surface area contributed by atoms with Gasteiger partial charge in [0.05, 0.1) is 13.2 Å². The van der Waals surface area contributed by atoms with Crippen LogP contribution in [0.15, 0.2) is 48.5 Å². The van der Waals surface area contributed by atoms with Crippen LogP contribution in [0.3, 0.4) is 0 Å². The van der Waals surface area contributed by atoms with Gasteiger partial charge in [-0.25, -0.2) is 0 Å². The molecule has 35 heavy (non-hydrogen) atoms. The van der Waals surface area contributed by atoms with Crippen molar-refractivity contribution in [1.82, 2.24) is 9.80 Å². The Hall–Kier alpha value is -2.90. The largest absolute Gasteiger partial charge is 0.378 e. The summed E-state index contributed by atoms with van der Waals surface area (Å²) in [6, 6.07) is 13.4. The Morgan fingerprint density at radius 3 is 2.20 bits per heavy atom. The minimum atomic E-state index is -0.527. The van der Waals surface area contributed by atoms with E-state index in [1.165, 1.54) is 0 Å². The van der Waals surface area contributed by atoms with Crippen LogP contribution in [0.4, 0.5) is 5.69 Å². The molecular weight excluding hydrogens is 466 g/mol. The van der Waals surface area contributed by atoms with Crippen LogP contribution in [0, 0.1) is 5.92 Å². The number of rotatable bonds is 4. The van der Waals surface area contributed by atoms with Crippen LogP contribution in [-0.2, 0) is 9.53 Å². The van der Waals surface area contributed by atoms with Gasteiger partial charge in [-0.3, -0.25) is 14.4 Å². The Labute approximate surface area is 210 Å². The molecule has 2 aromatic carbocycles. The molecule has 3 aliphatic rings. The first-order chi connectivity index (χ1) is 17.0. The van der Waals surface area contributed by atoms with Gasteiger partial charge in [0, 0.05) is 41.0 Å². The lowest BCUT2D eigenvalue weighted by Crippen LogP contribution is -2.47. The maximum absolute atomic E-state index is 13.5. The van der Waals surface area contributed by atoms with E-state index in [-0.39, 0.29) is 23.8 Å². The summed E-state index contributed by atoms with van der Waals surface area (Å²) < 4.78 is 5.32. The summed E-state index contributed by atoms with van der Waals surface area (Å²) in [4.78, 5) is 43.2. The van der Waals surface area contributed by atoms with Crippen molar-refractivity contribution < 1.29 is 19.1 Å². The summed E-state index contributed by atoms with van der Waals surface area (Å²) in [5.41, 5.74) is 1.74. The van der Waals surface area contributed by atoms with E-state index in [2.05, 4.69) is 5.32 Å². The third kappa shape index (κ3) is 5.07. The Bertz CT molecular complexity index is 1080. The number of halogens is 1. The lowest BCUT2D eigenvalue weighted by molar-refractivity contribution is -0.120. The standard InChI is InChI=1S/C27H30ClN3O4/c28-21-9-5-19(6-10-21)27(34)31-23-4-2-1-3-20(23)17-24(31)25(32)29-22-11-7-18(8-12-22)26(33)30-13-15-35-16-14-30/h5-12,20,23-24H,1-4,13-17H2,(H,29,32)/t20-,23-,24-/m0/s1. The zero-order valence-electron chi connectivity index (χ0n) is 19.6. The molecule has 5 rings (SSSR count). The second kappa shape index (κ2) is 10.4. The van der Waals surface area contributed by atoms with Gasteiger partial charge in [-0.1, -0.05) is 24.4 Å². The van der Waals surface area contributed by atoms with Gasteiger partial charge in [-0.15, -0.1) is 0 Å². The summed E-state index contributed by atoms with van der Waals surface area (Å²) in [6.45, 7) is 2.26. The number of ether oxygens (including phenoxy) is 1. The number of nitrogens with one attached hydrogen (secondary N) is 1. The van der Waals surface area contributed by atoms with Crippen LogP contribution in [0.2, 0.25) is 5.02 Å². The lowest BCUT2D eigenvalue weighted by Gasteiger charge is -2.33. The molecular formula is C27H30ClN3O4. The van der Waals surface area contributed by atoms with E-state index in [0.29, 0.717) is 60.5 Å². The number of amides is 3. The highest BCUT2D eigenvalue weighted by Crippen LogP contribution is 2.41. The van der Waals surface area contributed by atoms with Crippen molar-refractivity contribution in [1.29, 1.82) is 0 Å². The van der Waals surface area contributed by atoms with Crippen molar-refractivity contribution in [2.45, 2.75) is 44.2 Å². The molecule has 3 amide bonds. The number of likely N-dealkylation sites (tertiary alicyclic amines) is 1. The van der Waals surface area contributed by atoms with E-state index in [1.807, 2.05) is 0 Å². The quantitative estimate of drug-likeness (QED) is 0.688. The van der Waals surface area contributed by atoms with Crippen molar-refractivity contribution in [3.63, 3.8) is 0 Å². The number of nitrogens with zero attached hydrogens (tertiary/aromatic N) is 2. The smallest absolute Gasteiger partial charge is 0.254 e. The second-order valence-corrected chi connectivity index (χ2v) is 9.99. The van der Waals surface area contributed by atoms with Crippen molar-refractivity contribution in [3.05, 3.63) is 64.7 Å². The van der Waals surface area contributed by atoms with E-state index >= 15 is 0 Å². The third-order valence-electron chi connectivity index (χ3n) is 7.41. The van der Waals surface area contributed by atoms with E-state index in [0.717, 1.165) is 25.7 Å². The summed E-state index contributed by atoms with van der Waals surface area (Å²) in [7, 11) is 0. The molecule has 1 N–H and O–H groups in total. The predicted molar refractivity (Wildman–Crippen MR) is 134 cm³/mol. The normalized spacial score (nSPS) is 24.1. The summed E-state index contributed by atoms with van der Waals surface area (Å²) in [6.07, 6.45) is 4.84. The Kier molecular flexibility index (Phi) is 7.07. The van der Waals surface area contributed by atoms with Crippen LogP contribution < -0.4 is 5.32 Å². The molecule has 1 saturated carbocycles. The summed E-state index contributed by atoms with van der Waals surface area (Å²) in [5, 5.41) is 3.56. The highest BCUT2D eigenvalue weighted by atomic mass is 35.5. The number of carbonyl (C=O) groups excluding carboxylic acids is 3. The molecule has 7 nitrogen and oxygen atoms in total. The van der Waals surface area contributed by atoms with E-state index < -0.39 is 6.04 Å². The number of benzene rings is 2. The molecule has 2 heterocycles. The average Bonchev–Trinajstić information content (AvgIpc) is 3.29.